The van der Waals surface area contributed by atoms with Crippen LogP contribution in [0.5, 0.6) is 0 Å². The molecule has 0 saturated heterocycles. The summed E-state index contributed by atoms with van der Waals surface area (Å²) in [5.41, 5.74) is 2.09. The molecule has 0 saturated carbocycles. The van der Waals surface area contributed by atoms with Crippen molar-refractivity contribution in [2.24, 2.45) is 0 Å². The molecular weight excluding hydrogens is 332 g/mol. The van der Waals surface area contributed by atoms with Gasteiger partial charge in [0.1, 0.15) is 5.69 Å². The van der Waals surface area contributed by atoms with E-state index in [0.717, 1.165) is 25.1 Å². The second-order valence-corrected chi connectivity index (χ2v) is 6.68. The molecule has 0 radical (unpaired) electrons. The quantitative estimate of drug-likeness (QED) is 0.617. The molecule has 2 heterocycles. The van der Waals surface area contributed by atoms with E-state index in [-0.39, 0.29) is 0 Å². The van der Waals surface area contributed by atoms with Gasteiger partial charge in [-0.1, -0.05) is 35.9 Å². The Kier molecular flexibility index (Phi) is 3.09. The lowest BCUT2D eigenvalue weighted by molar-refractivity contribution is 1.06. The molecule has 18 heavy (non-hydrogen) atoms. The highest BCUT2D eigenvalue weighted by Crippen LogP contribution is 2.37. The molecule has 1 aromatic carbocycles. The van der Waals surface area contributed by atoms with E-state index in [1.54, 1.807) is 11.3 Å². The predicted octanol–water partition coefficient (Wildman–Crippen LogP) is 5.08. The minimum Gasteiger partial charge on any atom is -0.147 e. The van der Waals surface area contributed by atoms with Gasteiger partial charge in [-0.25, -0.2) is 0 Å². The maximum atomic E-state index is 6.07. The van der Waals surface area contributed by atoms with Crippen LogP contribution in [-0.4, -0.2) is 10.2 Å². The smallest absolute Gasteiger partial charge is 0.147 e. The van der Waals surface area contributed by atoms with Gasteiger partial charge in [0.2, 0.25) is 0 Å². The molecule has 0 aliphatic heterocycles. The van der Waals surface area contributed by atoms with E-state index in [0.29, 0.717) is 5.15 Å². The largest absolute Gasteiger partial charge is 0.159 e. The van der Waals surface area contributed by atoms with E-state index < -0.39 is 0 Å². The van der Waals surface area contributed by atoms with Gasteiger partial charge >= 0.3 is 0 Å². The second-order valence-electron chi connectivity index (χ2n) is 3.95. The summed E-state index contributed by atoms with van der Waals surface area (Å²) in [5.74, 6) is 0. The zero-order valence-corrected chi connectivity index (χ0v) is 12.6. The van der Waals surface area contributed by atoms with Gasteiger partial charge in [-0.15, -0.1) is 21.5 Å². The van der Waals surface area contributed by atoms with Crippen LogP contribution in [0.25, 0.3) is 21.3 Å². The molecule has 2 nitrogen and oxygen atoms in total. The monoisotopic (exact) mass is 338 g/mol. The van der Waals surface area contributed by atoms with Crippen molar-refractivity contribution in [3.63, 3.8) is 0 Å². The fraction of sp³-hybridized carbons (Fsp3) is 0.0769. The summed E-state index contributed by atoms with van der Waals surface area (Å²) < 4.78 is 1.12. The standard InChI is InChI=1S/C13H8BrClN2S/c1-7-6-10(18-12(7)14)11-8-4-2-3-5-9(8)13(15)17-16-11/h2-6H,1H3. The van der Waals surface area contributed by atoms with Crippen molar-refractivity contribution in [2.45, 2.75) is 6.92 Å². The maximum absolute atomic E-state index is 6.07. The average molecular weight is 340 g/mol. The van der Waals surface area contributed by atoms with E-state index >= 15 is 0 Å². The summed E-state index contributed by atoms with van der Waals surface area (Å²) in [4.78, 5) is 1.10. The number of thiophene rings is 1. The zero-order chi connectivity index (χ0) is 12.7. The molecule has 2 aromatic heterocycles. The van der Waals surface area contributed by atoms with E-state index in [1.165, 1.54) is 5.56 Å². The van der Waals surface area contributed by atoms with Crippen molar-refractivity contribution in [1.82, 2.24) is 10.2 Å². The highest BCUT2D eigenvalue weighted by molar-refractivity contribution is 9.11. The van der Waals surface area contributed by atoms with Gasteiger partial charge in [-0.2, -0.15) is 0 Å². The van der Waals surface area contributed by atoms with Gasteiger partial charge in [-0.05, 0) is 34.5 Å². The molecule has 3 rings (SSSR count). The lowest BCUT2D eigenvalue weighted by Gasteiger charge is -2.03. The third-order valence-corrected chi connectivity index (χ3v) is 5.16. The van der Waals surface area contributed by atoms with Crippen LogP contribution in [0.4, 0.5) is 0 Å². The third-order valence-electron chi connectivity index (χ3n) is 2.73. The van der Waals surface area contributed by atoms with Crippen LogP contribution in [0.1, 0.15) is 5.56 Å². The second kappa shape index (κ2) is 4.61. The Morgan fingerprint density at radius 3 is 2.56 bits per heavy atom. The highest BCUT2D eigenvalue weighted by atomic mass is 79.9. The summed E-state index contributed by atoms with van der Waals surface area (Å²) in [5, 5.41) is 10.7. The molecule has 0 fully saturated rings. The van der Waals surface area contributed by atoms with Crippen LogP contribution >= 0.6 is 38.9 Å². The van der Waals surface area contributed by atoms with Gasteiger partial charge in [0.05, 0.1) is 8.66 Å². The minimum atomic E-state index is 0.446. The summed E-state index contributed by atoms with van der Waals surface area (Å²) in [7, 11) is 0. The number of hydrogen-bond donors (Lipinski definition) is 0. The normalized spacial score (nSPS) is 11.1. The molecule has 3 aromatic rings. The van der Waals surface area contributed by atoms with E-state index in [4.69, 9.17) is 11.6 Å². The van der Waals surface area contributed by atoms with E-state index in [1.807, 2.05) is 24.3 Å². The first-order valence-corrected chi connectivity index (χ1v) is 7.33. The lowest BCUT2D eigenvalue weighted by Crippen LogP contribution is -1.89. The lowest BCUT2D eigenvalue weighted by atomic mass is 10.1. The van der Waals surface area contributed by atoms with Crippen LogP contribution in [0, 0.1) is 6.92 Å². The first-order valence-electron chi connectivity index (χ1n) is 5.34. The highest BCUT2D eigenvalue weighted by Gasteiger charge is 2.12. The number of rotatable bonds is 1. The van der Waals surface area contributed by atoms with Crippen molar-refractivity contribution in [2.75, 3.05) is 0 Å². The number of halogens is 2. The summed E-state index contributed by atoms with van der Waals surface area (Å²) in [6.45, 7) is 2.07. The fourth-order valence-electron chi connectivity index (χ4n) is 1.83. The number of nitrogens with zero attached hydrogens (tertiary/aromatic N) is 2. The summed E-state index contributed by atoms with van der Waals surface area (Å²) in [6, 6.07) is 10.0. The molecule has 0 aliphatic rings. The number of hydrogen-bond acceptors (Lipinski definition) is 3. The summed E-state index contributed by atoms with van der Waals surface area (Å²) >= 11 is 11.3. The molecule has 90 valence electrons. The van der Waals surface area contributed by atoms with E-state index in [9.17, 15) is 0 Å². The van der Waals surface area contributed by atoms with E-state index in [2.05, 4.69) is 39.1 Å². The van der Waals surface area contributed by atoms with Crippen molar-refractivity contribution in [3.05, 3.63) is 44.8 Å². The first kappa shape index (κ1) is 12.1. The Morgan fingerprint density at radius 2 is 1.89 bits per heavy atom. The van der Waals surface area contributed by atoms with Gasteiger partial charge in [0.25, 0.3) is 0 Å². The van der Waals surface area contributed by atoms with Crippen LogP contribution in [0.15, 0.2) is 34.1 Å². The maximum Gasteiger partial charge on any atom is 0.159 e. The van der Waals surface area contributed by atoms with Crippen LogP contribution in [0.3, 0.4) is 0 Å². The number of fused-ring (bicyclic) bond motifs is 1. The Hall–Kier alpha value is -0.970. The Morgan fingerprint density at radius 1 is 1.17 bits per heavy atom. The van der Waals surface area contributed by atoms with Crippen LogP contribution < -0.4 is 0 Å². The van der Waals surface area contributed by atoms with Gasteiger partial charge in [-0.3, -0.25) is 0 Å². The van der Waals surface area contributed by atoms with Crippen molar-refractivity contribution in [3.8, 4) is 10.6 Å². The Balaban J connectivity index is 2.33. The van der Waals surface area contributed by atoms with Crippen LogP contribution in [-0.2, 0) is 0 Å². The SMILES string of the molecule is Cc1cc(-c2nnc(Cl)c3ccccc23)sc1Br. The number of benzene rings is 1. The number of aryl methyl sites for hydroxylation is 1. The molecule has 0 N–H and O–H groups in total. The molecule has 0 atom stereocenters. The molecule has 0 amide bonds. The Bertz CT molecular complexity index is 719. The third kappa shape index (κ3) is 1.94. The van der Waals surface area contributed by atoms with Gasteiger partial charge in [0.15, 0.2) is 5.15 Å². The topological polar surface area (TPSA) is 25.8 Å². The fourth-order valence-corrected chi connectivity index (χ4v) is 3.57. The van der Waals surface area contributed by atoms with Crippen molar-refractivity contribution >= 4 is 49.6 Å². The minimum absolute atomic E-state index is 0.446. The molecule has 0 spiro atoms. The first-order chi connectivity index (χ1) is 8.66. The Labute approximate surface area is 122 Å². The molecule has 0 unspecified atom stereocenters. The molecule has 0 aliphatic carbocycles. The molecule has 0 bridgehead atoms. The average Bonchev–Trinajstić information content (AvgIpc) is 2.70. The van der Waals surface area contributed by atoms with Crippen LogP contribution in [0.2, 0.25) is 5.15 Å². The van der Waals surface area contributed by atoms with Gasteiger partial charge in [0, 0.05) is 10.8 Å². The zero-order valence-electron chi connectivity index (χ0n) is 9.45. The number of aromatic nitrogens is 2. The van der Waals surface area contributed by atoms with Crippen molar-refractivity contribution < 1.29 is 0 Å². The summed E-state index contributed by atoms with van der Waals surface area (Å²) in [6.07, 6.45) is 0. The molecular formula is C13H8BrClN2S. The van der Waals surface area contributed by atoms with Crippen molar-refractivity contribution in [1.29, 1.82) is 0 Å². The molecule has 5 heteroatoms. The predicted molar refractivity (Wildman–Crippen MR) is 80.3 cm³/mol. The van der Waals surface area contributed by atoms with Gasteiger partial charge < -0.3 is 0 Å².